The number of alkyl carbamates (subject to hydrolysis) is 1. The third-order valence-corrected chi connectivity index (χ3v) is 8.39. The molecule has 0 aromatic carbocycles. The molecule has 0 aliphatic heterocycles. The van der Waals surface area contributed by atoms with Crippen LogP contribution in [-0.2, 0) is 9.30 Å². The fourth-order valence-corrected chi connectivity index (χ4v) is 5.47. The first-order chi connectivity index (χ1) is 11.1. The van der Waals surface area contributed by atoms with Crippen molar-refractivity contribution >= 4 is 13.2 Å². The van der Waals surface area contributed by atoms with E-state index in [1.54, 1.807) is 0 Å². The number of hydrogen-bond acceptors (Lipinski definition) is 4. The highest BCUT2D eigenvalue weighted by Crippen LogP contribution is 2.51. The Kier molecular flexibility index (Phi) is 8.28. The van der Waals surface area contributed by atoms with E-state index in [4.69, 9.17) is 4.74 Å². The molecular weight excluding hydrogens is 325 g/mol. The summed E-state index contributed by atoms with van der Waals surface area (Å²) in [7, 11) is -2.72. The van der Waals surface area contributed by atoms with Gasteiger partial charge in [0, 0.05) is 12.3 Å². The molecule has 2 N–H and O–H groups in total. The summed E-state index contributed by atoms with van der Waals surface area (Å²) >= 11 is 0. The summed E-state index contributed by atoms with van der Waals surface area (Å²) in [6, 6.07) is -0.506. The number of carbonyl (C=O) groups excluding carboxylic acids is 1. The quantitative estimate of drug-likeness (QED) is 0.651. The van der Waals surface area contributed by atoms with E-state index in [-0.39, 0.29) is 0 Å². The lowest BCUT2D eigenvalue weighted by atomic mass is 9.85. The molecule has 1 aliphatic carbocycles. The van der Waals surface area contributed by atoms with Crippen molar-refractivity contribution in [3.05, 3.63) is 0 Å². The van der Waals surface area contributed by atoms with Crippen molar-refractivity contribution in [1.82, 2.24) is 5.32 Å². The van der Waals surface area contributed by atoms with Crippen LogP contribution in [0.15, 0.2) is 0 Å². The number of hydrogen-bond donors (Lipinski definition) is 2. The molecule has 0 radical (unpaired) electrons. The molecule has 2 atom stereocenters. The molecule has 1 saturated carbocycles. The third kappa shape index (κ3) is 6.76. The molecule has 0 aromatic heterocycles. The van der Waals surface area contributed by atoms with Crippen LogP contribution in [0.4, 0.5) is 4.79 Å². The lowest BCUT2D eigenvalue weighted by molar-refractivity contribution is 0.0450. The van der Waals surface area contributed by atoms with Gasteiger partial charge in [-0.15, -0.1) is 0 Å². The van der Waals surface area contributed by atoms with Gasteiger partial charge in [-0.05, 0) is 33.1 Å². The number of aliphatic hydroxyl groups excluding tert-OH is 1. The highest BCUT2D eigenvalue weighted by Gasteiger charge is 2.37. The predicted octanol–water partition coefficient (Wildman–Crippen LogP) is 4.57. The number of amides is 1. The van der Waals surface area contributed by atoms with Gasteiger partial charge in [0.2, 0.25) is 0 Å². The Bertz CT molecular complexity index is 433. The van der Waals surface area contributed by atoms with E-state index < -0.39 is 30.7 Å². The van der Waals surface area contributed by atoms with Gasteiger partial charge in [-0.1, -0.05) is 46.0 Å². The zero-order valence-corrected chi connectivity index (χ0v) is 16.9. The Morgan fingerprint density at radius 1 is 1.21 bits per heavy atom. The van der Waals surface area contributed by atoms with Gasteiger partial charge in [0.15, 0.2) is 0 Å². The highest BCUT2D eigenvalue weighted by atomic mass is 31.2. The normalized spacial score (nSPS) is 19.6. The van der Waals surface area contributed by atoms with E-state index in [9.17, 15) is 14.5 Å². The number of carbonyl (C=O) groups is 1. The van der Waals surface area contributed by atoms with Crippen molar-refractivity contribution in [2.45, 2.75) is 90.6 Å². The van der Waals surface area contributed by atoms with E-state index in [2.05, 4.69) is 5.32 Å². The van der Waals surface area contributed by atoms with Gasteiger partial charge in [0.1, 0.15) is 18.6 Å². The molecule has 0 heterocycles. The maximum Gasteiger partial charge on any atom is 0.407 e. The topological polar surface area (TPSA) is 75.6 Å². The van der Waals surface area contributed by atoms with E-state index >= 15 is 0 Å². The van der Waals surface area contributed by atoms with E-state index in [1.165, 1.54) is 19.3 Å². The third-order valence-electron chi connectivity index (χ3n) is 4.93. The molecule has 6 heteroatoms. The molecule has 1 aliphatic rings. The largest absolute Gasteiger partial charge is 0.444 e. The Morgan fingerprint density at radius 3 is 2.21 bits per heavy atom. The molecule has 5 nitrogen and oxygen atoms in total. The van der Waals surface area contributed by atoms with Crippen molar-refractivity contribution in [2.75, 3.05) is 12.3 Å². The van der Waals surface area contributed by atoms with Crippen LogP contribution >= 0.6 is 7.14 Å². The molecule has 0 spiro atoms. The lowest BCUT2D eigenvalue weighted by Crippen LogP contribution is -2.46. The molecule has 0 saturated heterocycles. The molecule has 1 amide bonds. The molecular formula is C18H36NO4P. The summed E-state index contributed by atoms with van der Waals surface area (Å²) in [5.41, 5.74) is -0.594. The van der Waals surface area contributed by atoms with Gasteiger partial charge in [0.05, 0.1) is 6.04 Å². The molecule has 1 fully saturated rings. The molecule has 0 unspecified atom stereocenters. The average Bonchev–Trinajstić information content (AvgIpc) is 2.52. The second kappa shape index (κ2) is 9.24. The van der Waals surface area contributed by atoms with Crippen LogP contribution in [0.1, 0.15) is 73.1 Å². The maximum atomic E-state index is 13.0. The number of ether oxygens (including phenoxy) is 1. The smallest absolute Gasteiger partial charge is 0.407 e. The summed E-state index contributed by atoms with van der Waals surface area (Å²) in [4.78, 5) is 12.2. The summed E-state index contributed by atoms with van der Waals surface area (Å²) < 4.78 is 18.3. The second-order valence-electron chi connectivity index (χ2n) is 7.99. The fourth-order valence-electron chi connectivity index (χ4n) is 3.42. The first-order valence-electron chi connectivity index (χ1n) is 9.36. The minimum Gasteiger partial charge on any atom is -0.444 e. The van der Waals surface area contributed by atoms with Crippen LogP contribution in [0.5, 0.6) is 0 Å². The Hall–Kier alpha value is -0.540. The van der Waals surface area contributed by atoms with Gasteiger partial charge in [0.25, 0.3) is 0 Å². The first-order valence-corrected chi connectivity index (χ1v) is 11.5. The fraction of sp³-hybridized carbons (Fsp3) is 0.944. The molecule has 0 bridgehead atoms. The van der Waals surface area contributed by atoms with E-state index in [0.29, 0.717) is 24.7 Å². The van der Waals surface area contributed by atoms with Gasteiger partial charge in [-0.2, -0.15) is 0 Å². The summed E-state index contributed by atoms with van der Waals surface area (Å²) in [6.45, 7) is 9.11. The van der Waals surface area contributed by atoms with E-state index in [1.807, 2.05) is 34.6 Å². The van der Waals surface area contributed by atoms with E-state index in [0.717, 1.165) is 12.8 Å². The number of aliphatic hydroxyl groups is 1. The highest BCUT2D eigenvalue weighted by molar-refractivity contribution is 7.64. The van der Waals surface area contributed by atoms with Gasteiger partial charge in [-0.3, -0.25) is 0 Å². The van der Waals surface area contributed by atoms with Crippen LogP contribution in [0.2, 0.25) is 0 Å². The van der Waals surface area contributed by atoms with Gasteiger partial charge < -0.3 is 19.7 Å². The van der Waals surface area contributed by atoms with Crippen LogP contribution in [0, 0.1) is 5.92 Å². The van der Waals surface area contributed by atoms with Crippen molar-refractivity contribution < 1.29 is 19.2 Å². The van der Waals surface area contributed by atoms with Gasteiger partial charge in [-0.25, -0.2) is 4.79 Å². The Balaban J connectivity index is 2.85. The van der Waals surface area contributed by atoms with Crippen molar-refractivity contribution in [2.24, 2.45) is 5.92 Å². The lowest BCUT2D eigenvalue weighted by Gasteiger charge is -2.34. The number of nitrogens with one attached hydrogen (secondary N) is 1. The Labute approximate surface area is 147 Å². The van der Waals surface area contributed by atoms with Crippen LogP contribution in [0.25, 0.3) is 0 Å². The monoisotopic (exact) mass is 361 g/mol. The molecule has 142 valence electrons. The number of rotatable bonds is 7. The van der Waals surface area contributed by atoms with Gasteiger partial charge >= 0.3 is 6.09 Å². The first kappa shape index (κ1) is 21.5. The van der Waals surface area contributed by atoms with Crippen LogP contribution in [0.3, 0.4) is 0 Å². The SMILES string of the molecule is CCP(=O)(CC)[C@H](O)[C@H](CC1CCCCC1)NC(=O)OC(C)(C)C. The van der Waals surface area contributed by atoms with Crippen molar-refractivity contribution in [3.8, 4) is 0 Å². The minimum absolute atomic E-state index is 0.446. The second-order valence-corrected chi connectivity index (χ2v) is 11.7. The van der Waals surface area contributed by atoms with Crippen molar-refractivity contribution in [3.63, 3.8) is 0 Å². The zero-order chi connectivity index (χ0) is 18.4. The molecule has 1 rings (SSSR count). The minimum atomic E-state index is -2.72. The summed E-state index contributed by atoms with van der Waals surface area (Å²) in [6.07, 6.45) is 6.89. The van der Waals surface area contributed by atoms with Crippen LogP contribution < -0.4 is 5.32 Å². The predicted molar refractivity (Wildman–Crippen MR) is 99.0 cm³/mol. The summed E-state index contributed by atoms with van der Waals surface area (Å²) in [5, 5.41) is 13.6. The van der Waals surface area contributed by atoms with Crippen LogP contribution in [-0.4, -0.2) is 41.0 Å². The molecule has 0 aromatic rings. The molecule has 24 heavy (non-hydrogen) atoms. The summed E-state index contributed by atoms with van der Waals surface area (Å²) in [5.74, 6) is -0.530. The standard InChI is InChI=1S/C18H36NO4P/c1-6-24(22,7-2)16(20)15(13-14-11-9-8-10-12-14)19-17(21)23-18(3,4)5/h14-16,20H,6-13H2,1-5H3,(H,19,21)/t15-,16-/m0/s1. The van der Waals surface area contributed by atoms with Crippen molar-refractivity contribution in [1.29, 1.82) is 0 Å². The maximum absolute atomic E-state index is 13.0. The average molecular weight is 361 g/mol. The zero-order valence-electron chi connectivity index (χ0n) is 16.0. The Morgan fingerprint density at radius 2 is 1.75 bits per heavy atom.